The topological polar surface area (TPSA) is 49.5 Å². The van der Waals surface area contributed by atoms with E-state index in [4.69, 9.17) is 5.73 Å². The number of hydrogen-bond acceptors (Lipinski definition) is 3. The maximum absolute atomic E-state index is 12.9. The van der Waals surface area contributed by atoms with Gasteiger partial charge in [-0.2, -0.15) is 0 Å². The molecular weight excluding hydrogens is 255 g/mol. The zero-order valence-corrected chi connectivity index (χ0v) is 11.8. The van der Waals surface area contributed by atoms with Gasteiger partial charge >= 0.3 is 0 Å². The molecule has 1 unspecified atom stereocenters. The Bertz CT molecular complexity index is 451. The summed E-state index contributed by atoms with van der Waals surface area (Å²) in [4.78, 5) is 2.41. The third-order valence-electron chi connectivity index (χ3n) is 4.92. The van der Waals surface area contributed by atoms with Gasteiger partial charge in [0.2, 0.25) is 0 Å². The van der Waals surface area contributed by atoms with Crippen LogP contribution in [0.25, 0.3) is 0 Å². The molecule has 1 spiro atoms. The molecule has 1 aliphatic heterocycles. The van der Waals surface area contributed by atoms with Crippen molar-refractivity contribution in [3.63, 3.8) is 0 Å². The van der Waals surface area contributed by atoms with E-state index in [0.29, 0.717) is 12.6 Å². The van der Waals surface area contributed by atoms with Crippen LogP contribution in [0.5, 0.6) is 0 Å². The Morgan fingerprint density at radius 3 is 2.65 bits per heavy atom. The number of aliphatic hydroxyl groups excluding tert-OH is 1. The summed E-state index contributed by atoms with van der Waals surface area (Å²) < 4.78 is 12.9. The predicted octanol–water partition coefficient (Wildman–Crippen LogP) is 2.20. The maximum Gasteiger partial charge on any atom is 0.123 e. The second-order valence-corrected chi connectivity index (χ2v) is 6.36. The molecule has 0 aromatic heterocycles. The van der Waals surface area contributed by atoms with Crippen molar-refractivity contribution in [3.05, 3.63) is 35.6 Å². The Labute approximate surface area is 119 Å². The van der Waals surface area contributed by atoms with E-state index in [0.717, 1.165) is 24.9 Å². The summed E-state index contributed by atoms with van der Waals surface area (Å²) >= 11 is 0. The summed E-state index contributed by atoms with van der Waals surface area (Å²) in [6.45, 7) is 1.66. The van der Waals surface area contributed by atoms with Gasteiger partial charge in [0, 0.05) is 18.1 Å². The van der Waals surface area contributed by atoms with E-state index in [1.807, 2.05) is 0 Å². The zero-order valence-electron chi connectivity index (χ0n) is 11.8. The number of piperidine rings is 1. The quantitative estimate of drug-likeness (QED) is 0.891. The lowest BCUT2D eigenvalue weighted by Gasteiger charge is -2.56. The zero-order chi connectivity index (χ0) is 14.2. The minimum Gasteiger partial charge on any atom is -0.387 e. The molecule has 3 nitrogen and oxygen atoms in total. The molecule has 1 aromatic carbocycles. The number of nitrogens with two attached hydrogens (primary N) is 1. The highest BCUT2D eigenvalue weighted by Crippen LogP contribution is 2.44. The van der Waals surface area contributed by atoms with Gasteiger partial charge in [-0.05, 0) is 49.9 Å². The molecule has 1 aromatic rings. The van der Waals surface area contributed by atoms with E-state index < -0.39 is 6.10 Å². The lowest BCUT2D eigenvalue weighted by molar-refractivity contribution is -0.0516. The summed E-state index contributed by atoms with van der Waals surface area (Å²) in [6.07, 6.45) is 5.17. The molecule has 20 heavy (non-hydrogen) atoms. The van der Waals surface area contributed by atoms with Crippen LogP contribution in [-0.4, -0.2) is 34.7 Å². The summed E-state index contributed by atoms with van der Waals surface area (Å²) in [7, 11) is 0. The Kier molecular flexibility index (Phi) is 3.80. The van der Waals surface area contributed by atoms with Crippen LogP contribution in [0.4, 0.5) is 4.39 Å². The molecule has 2 fully saturated rings. The Balaban J connectivity index is 1.67. The maximum atomic E-state index is 12.9. The Morgan fingerprint density at radius 2 is 2.00 bits per heavy atom. The molecule has 0 bridgehead atoms. The van der Waals surface area contributed by atoms with Crippen LogP contribution < -0.4 is 5.73 Å². The van der Waals surface area contributed by atoms with Crippen molar-refractivity contribution in [3.8, 4) is 0 Å². The fraction of sp³-hybridized carbons (Fsp3) is 0.625. The molecule has 3 N–H and O–H groups in total. The molecular formula is C16H23FN2O. The first-order chi connectivity index (χ1) is 9.59. The van der Waals surface area contributed by atoms with Crippen LogP contribution in [0.1, 0.15) is 43.8 Å². The van der Waals surface area contributed by atoms with Gasteiger partial charge < -0.3 is 10.8 Å². The van der Waals surface area contributed by atoms with Crippen LogP contribution in [0, 0.1) is 5.82 Å². The average molecular weight is 278 g/mol. The molecule has 1 aliphatic carbocycles. The van der Waals surface area contributed by atoms with Crippen LogP contribution in [-0.2, 0) is 0 Å². The molecule has 1 atom stereocenters. The van der Waals surface area contributed by atoms with Crippen molar-refractivity contribution in [1.29, 1.82) is 0 Å². The molecule has 1 saturated heterocycles. The molecule has 0 amide bonds. The molecule has 0 radical (unpaired) electrons. The highest BCUT2D eigenvalue weighted by atomic mass is 19.1. The molecule has 4 heteroatoms. The minimum absolute atomic E-state index is 0.221. The van der Waals surface area contributed by atoms with Crippen LogP contribution in [0.15, 0.2) is 24.3 Å². The van der Waals surface area contributed by atoms with Gasteiger partial charge in [-0.1, -0.05) is 18.6 Å². The molecule has 110 valence electrons. The van der Waals surface area contributed by atoms with Gasteiger partial charge in [-0.15, -0.1) is 0 Å². The normalized spacial score (nSPS) is 32.0. The highest BCUT2D eigenvalue weighted by molar-refractivity contribution is 5.19. The van der Waals surface area contributed by atoms with Gasteiger partial charge in [-0.3, -0.25) is 4.90 Å². The van der Waals surface area contributed by atoms with Crippen molar-refractivity contribution in [2.24, 2.45) is 5.73 Å². The fourth-order valence-corrected chi connectivity index (χ4v) is 3.81. The Hall–Kier alpha value is -0.970. The number of likely N-dealkylation sites (tertiary alicyclic amines) is 1. The van der Waals surface area contributed by atoms with Gasteiger partial charge in [0.25, 0.3) is 0 Å². The van der Waals surface area contributed by atoms with Crippen LogP contribution in [0.3, 0.4) is 0 Å². The third-order valence-corrected chi connectivity index (χ3v) is 4.92. The number of nitrogens with zero attached hydrogens (tertiary/aromatic N) is 1. The van der Waals surface area contributed by atoms with E-state index in [-0.39, 0.29) is 11.4 Å². The summed E-state index contributed by atoms with van der Waals surface area (Å²) in [5.41, 5.74) is 6.98. The standard InChI is InChI=1S/C16H23FN2O/c17-13-5-3-12(4-6-13)15(20)11-19-8-2-1-7-16(19)9-14(18)10-16/h3-6,14-15,20H,1-2,7-11,18H2. The smallest absolute Gasteiger partial charge is 0.123 e. The van der Waals surface area contributed by atoms with E-state index in [1.165, 1.54) is 31.4 Å². The highest BCUT2D eigenvalue weighted by Gasteiger charge is 2.48. The average Bonchev–Trinajstić information content (AvgIpc) is 2.40. The summed E-state index contributed by atoms with van der Waals surface area (Å²) in [6, 6.07) is 6.47. The molecule has 1 saturated carbocycles. The van der Waals surface area contributed by atoms with Crippen molar-refractivity contribution in [2.45, 2.75) is 49.8 Å². The predicted molar refractivity (Wildman–Crippen MR) is 76.7 cm³/mol. The minimum atomic E-state index is -0.553. The number of hydrogen-bond donors (Lipinski definition) is 2. The van der Waals surface area contributed by atoms with Gasteiger partial charge in [0.05, 0.1) is 6.10 Å². The van der Waals surface area contributed by atoms with Crippen molar-refractivity contribution >= 4 is 0 Å². The summed E-state index contributed by atoms with van der Waals surface area (Å²) in [5.74, 6) is -0.264. The van der Waals surface area contributed by atoms with E-state index >= 15 is 0 Å². The number of benzene rings is 1. The molecule has 2 aliphatic rings. The van der Waals surface area contributed by atoms with E-state index in [2.05, 4.69) is 4.90 Å². The first-order valence-electron chi connectivity index (χ1n) is 7.53. The largest absolute Gasteiger partial charge is 0.387 e. The summed E-state index contributed by atoms with van der Waals surface area (Å²) in [5, 5.41) is 10.4. The van der Waals surface area contributed by atoms with Crippen molar-refractivity contribution in [2.75, 3.05) is 13.1 Å². The number of rotatable bonds is 3. The number of halogens is 1. The van der Waals surface area contributed by atoms with Crippen LogP contribution in [0.2, 0.25) is 0 Å². The van der Waals surface area contributed by atoms with Gasteiger partial charge in [0.15, 0.2) is 0 Å². The SMILES string of the molecule is NC1CC2(CCCCN2CC(O)c2ccc(F)cc2)C1. The second kappa shape index (κ2) is 5.43. The first kappa shape index (κ1) is 14.0. The van der Waals surface area contributed by atoms with Crippen LogP contribution >= 0.6 is 0 Å². The van der Waals surface area contributed by atoms with Crippen molar-refractivity contribution in [1.82, 2.24) is 4.90 Å². The van der Waals surface area contributed by atoms with E-state index in [9.17, 15) is 9.50 Å². The van der Waals surface area contributed by atoms with E-state index in [1.54, 1.807) is 12.1 Å². The monoisotopic (exact) mass is 278 g/mol. The molecule has 1 heterocycles. The number of β-amino-alcohol motifs (C(OH)–C–C–N with tert-alkyl or cyclic N) is 1. The molecule has 3 rings (SSSR count). The Morgan fingerprint density at radius 1 is 1.30 bits per heavy atom. The third kappa shape index (κ3) is 2.60. The lowest BCUT2D eigenvalue weighted by atomic mass is 9.67. The first-order valence-corrected chi connectivity index (χ1v) is 7.53. The van der Waals surface area contributed by atoms with Gasteiger partial charge in [-0.25, -0.2) is 4.39 Å². The van der Waals surface area contributed by atoms with Gasteiger partial charge in [0.1, 0.15) is 5.82 Å². The fourth-order valence-electron chi connectivity index (χ4n) is 3.81. The van der Waals surface area contributed by atoms with Crippen molar-refractivity contribution < 1.29 is 9.50 Å². The number of aliphatic hydroxyl groups is 1. The lowest BCUT2D eigenvalue weighted by Crippen LogP contribution is -2.64. The second-order valence-electron chi connectivity index (χ2n) is 6.36.